The molecule has 0 aromatic heterocycles. The second-order valence-electron chi connectivity index (χ2n) is 5.68. The second kappa shape index (κ2) is 3.82. The van der Waals surface area contributed by atoms with Gasteiger partial charge in [0.05, 0.1) is 5.41 Å². The van der Waals surface area contributed by atoms with Crippen LogP contribution in [0.2, 0.25) is 0 Å². The van der Waals surface area contributed by atoms with Crippen LogP contribution in [0.5, 0.6) is 0 Å². The first-order valence-electron chi connectivity index (χ1n) is 6.79. The summed E-state index contributed by atoms with van der Waals surface area (Å²) in [5.74, 6) is 0.173. The molecule has 0 unspecified atom stereocenters. The number of hydrogen-bond acceptors (Lipinski definition) is 2. The Labute approximate surface area is 108 Å². The molecule has 1 aromatic carbocycles. The maximum absolute atomic E-state index is 12.1. The number of benzene rings is 1. The number of nitrogens with two attached hydrogens (primary N) is 1. The van der Waals surface area contributed by atoms with Crippen LogP contribution in [0.25, 0.3) is 0 Å². The lowest BCUT2D eigenvalue weighted by molar-refractivity contribution is -0.123. The van der Waals surface area contributed by atoms with Crippen LogP contribution >= 0.6 is 0 Å². The third-order valence-electron chi connectivity index (χ3n) is 4.32. The molecule has 0 aliphatic heterocycles. The van der Waals surface area contributed by atoms with Crippen LogP contribution in [-0.4, -0.2) is 12.5 Å². The monoisotopic (exact) mass is 244 g/mol. The van der Waals surface area contributed by atoms with Crippen molar-refractivity contribution in [2.24, 2.45) is 5.73 Å². The highest BCUT2D eigenvalue weighted by Crippen LogP contribution is 2.49. The molecule has 0 saturated heterocycles. The Balaban J connectivity index is 1.82. The van der Waals surface area contributed by atoms with E-state index >= 15 is 0 Å². The summed E-state index contributed by atoms with van der Waals surface area (Å²) in [7, 11) is 0. The summed E-state index contributed by atoms with van der Waals surface area (Å²) >= 11 is 0. The third-order valence-corrected chi connectivity index (χ3v) is 4.32. The summed E-state index contributed by atoms with van der Waals surface area (Å²) in [6.07, 6.45) is 4.08. The highest BCUT2D eigenvalue weighted by molar-refractivity contribution is 5.91. The van der Waals surface area contributed by atoms with Crippen molar-refractivity contribution >= 4 is 5.91 Å². The number of likely N-dealkylation sites (N-methyl/N-ethyl adjacent to an activating group) is 1. The van der Waals surface area contributed by atoms with Crippen molar-refractivity contribution < 1.29 is 4.79 Å². The van der Waals surface area contributed by atoms with Crippen LogP contribution in [0.3, 0.4) is 0 Å². The Hall–Kier alpha value is -1.35. The topological polar surface area (TPSA) is 55.1 Å². The number of carbonyl (C=O) groups is 1. The van der Waals surface area contributed by atoms with Crippen molar-refractivity contribution in [2.75, 3.05) is 6.54 Å². The molecule has 3 N–H and O–H groups in total. The SMILES string of the molecule is CCNC(=O)C1(c2ccc(C3(N)CC3)cc2)CC1. The summed E-state index contributed by atoms with van der Waals surface area (Å²) in [6.45, 7) is 2.66. The van der Waals surface area contributed by atoms with Gasteiger partial charge in [-0.25, -0.2) is 0 Å². The molecule has 3 rings (SSSR count). The first-order chi connectivity index (χ1) is 8.61. The largest absolute Gasteiger partial charge is 0.356 e. The molecule has 3 heteroatoms. The van der Waals surface area contributed by atoms with Gasteiger partial charge in [0.1, 0.15) is 0 Å². The standard InChI is InChI=1S/C15H20N2O/c1-2-17-13(18)14(7-8-14)11-3-5-12(6-4-11)15(16)9-10-15/h3-6H,2,7-10,16H2,1H3,(H,17,18). The molecule has 96 valence electrons. The number of nitrogens with one attached hydrogen (secondary N) is 1. The van der Waals surface area contributed by atoms with E-state index in [2.05, 4.69) is 29.6 Å². The number of amides is 1. The number of hydrogen-bond donors (Lipinski definition) is 2. The summed E-state index contributed by atoms with van der Waals surface area (Å²) in [6, 6.07) is 8.37. The van der Waals surface area contributed by atoms with Gasteiger partial charge < -0.3 is 11.1 Å². The van der Waals surface area contributed by atoms with E-state index in [0.717, 1.165) is 31.2 Å². The van der Waals surface area contributed by atoms with Crippen LogP contribution in [-0.2, 0) is 15.7 Å². The minimum Gasteiger partial charge on any atom is -0.356 e. The average molecular weight is 244 g/mol. The van der Waals surface area contributed by atoms with Gasteiger partial charge in [-0.2, -0.15) is 0 Å². The van der Waals surface area contributed by atoms with Crippen molar-refractivity contribution in [1.29, 1.82) is 0 Å². The van der Waals surface area contributed by atoms with Crippen LogP contribution in [0.15, 0.2) is 24.3 Å². The van der Waals surface area contributed by atoms with E-state index in [1.54, 1.807) is 0 Å². The molecule has 3 nitrogen and oxygen atoms in total. The van der Waals surface area contributed by atoms with Gasteiger partial charge in [0.2, 0.25) is 5.91 Å². The van der Waals surface area contributed by atoms with E-state index in [9.17, 15) is 4.79 Å². The Morgan fingerprint density at radius 1 is 1.17 bits per heavy atom. The minimum absolute atomic E-state index is 0.0824. The van der Waals surface area contributed by atoms with Gasteiger partial charge in [0.15, 0.2) is 0 Å². The summed E-state index contributed by atoms with van der Waals surface area (Å²) in [4.78, 5) is 12.1. The maximum atomic E-state index is 12.1. The fourth-order valence-corrected chi connectivity index (χ4v) is 2.65. The van der Waals surface area contributed by atoms with E-state index in [1.165, 1.54) is 5.56 Å². The molecule has 2 aliphatic carbocycles. The van der Waals surface area contributed by atoms with Crippen LogP contribution in [0, 0.1) is 0 Å². The Bertz CT molecular complexity index is 470. The molecule has 2 saturated carbocycles. The normalized spacial score (nSPS) is 22.3. The Morgan fingerprint density at radius 2 is 1.72 bits per heavy atom. The third kappa shape index (κ3) is 1.74. The molecule has 1 amide bonds. The fraction of sp³-hybridized carbons (Fsp3) is 0.533. The van der Waals surface area contributed by atoms with Crippen molar-refractivity contribution in [1.82, 2.24) is 5.32 Å². The van der Waals surface area contributed by atoms with Gasteiger partial charge in [-0.05, 0) is 43.7 Å². The van der Waals surface area contributed by atoms with Gasteiger partial charge in [-0.1, -0.05) is 24.3 Å². The van der Waals surface area contributed by atoms with Crippen LogP contribution in [0.4, 0.5) is 0 Å². The quantitative estimate of drug-likeness (QED) is 0.848. The zero-order chi connectivity index (χ0) is 12.8. The summed E-state index contributed by atoms with van der Waals surface area (Å²) in [5.41, 5.74) is 8.18. The smallest absolute Gasteiger partial charge is 0.230 e. The lowest BCUT2D eigenvalue weighted by atomic mass is 9.92. The average Bonchev–Trinajstić information content (AvgIpc) is 3.26. The summed E-state index contributed by atoms with van der Waals surface area (Å²) < 4.78 is 0. The zero-order valence-electron chi connectivity index (χ0n) is 10.8. The van der Waals surface area contributed by atoms with E-state index in [-0.39, 0.29) is 16.9 Å². The lowest BCUT2D eigenvalue weighted by Crippen LogP contribution is -2.34. The van der Waals surface area contributed by atoms with Crippen molar-refractivity contribution in [3.8, 4) is 0 Å². The zero-order valence-corrected chi connectivity index (χ0v) is 10.8. The van der Waals surface area contributed by atoms with E-state index in [4.69, 9.17) is 5.73 Å². The molecular weight excluding hydrogens is 224 g/mol. The molecule has 2 aliphatic rings. The molecule has 0 radical (unpaired) electrons. The maximum Gasteiger partial charge on any atom is 0.230 e. The lowest BCUT2D eigenvalue weighted by Gasteiger charge is -2.16. The molecular formula is C15H20N2O. The van der Waals surface area contributed by atoms with Gasteiger partial charge in [0.25, 0.3) is 0 Å². The Kier molecular flexibility index (Phi) is 2.49. The summed E-state index contributed by atoms with van der Waals surface area (Å²) in [5, 5.41) is 2.94. The van der Waals surface area contributed by atoms with Gasteiger partial charge >= 0.3 is 0 Å². The number of carbonyl (C=O) groups excluding carboxylic acids is 1. The predicted molar refractivity (Wildman–Crippen MR) is 71.1 cm³/mol. The fourth-order valence-electron chi connectivity index (χ4n) is 2.65. The second-order valence-corrected chi connectivity index (χ2v) is 5.68. The van der Waals surface area contributed by atoms with Crippen LogP contribution in [0.1, 0.15) is 43.7 Å². The number of rotatable bonds is 4. The van der Waals surface area contributed by atoms with Crippen molar-refractivity contribution in [2.45, 2.75) is 43.6 Å². The van der Waals surface area contributed by atoms with E-state index in [1.807, 2.05) is 6.92 Å². The van der Waals surface area contributed by atoms with Crippen molar-refractivity contribution in [3.63, 3.8) is 0 Å². The van der Waals surface area contributed by atoms with E-state index in [0.29, 0.717) is 6.54 Å². The minimum atomic E-state index is -0.250. The van der Waals surface area contributed by atoms with E-state index < -0.39 is 0 Å². The Morgan fingerprint density at radius 3 is 2.17 bits per heavy atom. The molecule has 2 fully saturated rings. The highest BCUT2D eigenvalue weighted by Gasteiger charge is 2.51. The highest BCUT2D eigenvalue weighted by atomic mass is 16.2. The molecule has 18 heavy (non-hydrogen) atoms. The molecule has 0 heterocycles. The van der Waals surface area contributed by atoms with Gasteiger partial charge in [0, 0.05) is 12.1 Å². The first kappa shape index (κ1) is 11.7. The molecule has 0 bridgehead atoms. The predicted octanol–water partition coefficient (Wildman–Crippen LogP) is 1.80. The van der Waals surface area contributed by atoms with Crippen LogP contribution < -0.4 is 11.1 Å². The molecule has 0 atom stereocenters. The first-order valence-corrected chi connectivity index (χ1v) is 6.79. The van der Waals surface area contributed by atoms with Gasteiger partial charge in [-0.3, -0.25) is 4.79 Å². The molecule has 1 aromatic rings. The molecule has 0 spiro atoms. The van der Waals surface area contributed by atoms with Gasteiger partial charge in [-0.15, -0.1) is 0 Å². The van der Waals surface area contributed by atoms with Crippen molar-refractivity contribution in [3.05, 3.63) is 35.4 Å².